The highest BCUT2D eigenvalue weighted by atomic mass is 16.2. The van der Waals surface area contributed by atoms with Crippen molar-refractivity contribution in [2.24, 2.45) is 13.0 Å². The third kappa shape index (κ3) is 4.23. The van der Waals surface area contributed by atoms with Gasteiger partial charge in [0.1, 0.15) is 5.82 Å². The Bertz CT molecular complexity index is 1140. The minimum absolute atomic E-state index is 0.156. The number of nitrogen functional groups attached to an aromatic ring is 1. The highest BCUT2D eigenvalue weighted by molar-refractivity contribution is 6.39. The van der Waals surface area contributed by atoms with Crippen molar-refractivity contribution in [2.45, 2.75) is 39.2 Å². The lowest BCUT2D eigenvalue weighted by Gasteiger charge is -2.38. The van der Waals surface area contributed by atoms with Gasteiger partial charge in [-0.2, -0.15) is 5.10 Å². The molecular formula is C23H28N6O2. The van der Waals surface area contributed by atoms with Crippen molar-refractivity contribution in [2.75, 3.05) is 17.6 Å². The smallest absolute Gasteiger partial charge is 0.313 e. The van der Waals surface area contributed by atoms with E-state index in [9.17, 15) is 9.59 Å². The molecule has 0 bridgehead atoms. The average molecular weight is 421 g/mol. The van der Waals surface area contributed by atoms with Gasteiger partial charge < -0.3 is 16.0 Å². The topological polar surface area (TPSA) is 106 Å². The number of nitrogens with zero attached hydrogens (tertiary/aromatic N) is 4. The lowest BCUT2D eigenvalue weighted by Crippen LogP contribution is -2.46. The SMILES string of the molecule is CCc1cc(NC(=O)C(=O)N2C[C@@H](C)CCC2c2ccc3cn(C)nc3c2)cnc1N. The number of piperidine rings is 1. The number of nitrogens with one attached hydrogen (secondary N) is 1. The molecule has 31 heavy (non-hydrogen) atoms. The number of aromatic nitrogens is 3. The molecule has 2 aromatic heterocycles. The van der Waals surface area contributed by atoms with E-state index in [1.54, 1.807) is 15.6 Å². The van der Waals surface area contributed by atoms with E-state index in [0.29, 0.717) is 30.4 Å². The summed E-state index contributed by atoms with van der Waals surface area (Å²) in [5.74, 6) is -0.433. The summed E-state index contributed by atoms with van der Waals surface area (Å²) in [4.78, 5) is 31.8. The zero-order valence-electron chi connectivity index (χ0n) is 18.1. The summed E-state index contributed by atoms with van der Waals surface area (Å²) in [5.41, 5.74) is 9.03. The van der Waals surface area contributed by atoms with Crippen molar-refractivity contribution in [3.63, 3.8) is 0 Å². The number of hydrogen-bond acceptors (Lipinski definition) is 5. The summed E-state index contributed by atoms with van der Waals surface area (Å²) >= 11 is 0. The first-order valence-corrected chi connectivity index (χ1v) is 10.6. The number of hydrogen-bond donors (Lipinski definition) is 2. The normalized spacial score (nSPS) is 18.9. The Morgan fingerprint density at radius 2 is 2.06 bits per heavy atom. The van der Waals surface area contributed by atoms with E-state index in [4.69, 9.17) is 5.73 Å². The molecule has 0 aliphatic carbocycles. The van der Waals surface area contributed by atoms with Crippen molar-refractivity contribution < 1.29 is 9.59 Å². The second kappa shape index (κ2) is 8.37. The van der Waals surface area contributed by atoms with Crippen molar-refractivity contribution in [3.05, 3.63) is 47.8 Å². The zero-order chi connectivity index (χ0) is 22.1. The number of carbonyl (C=O) groups is 2. The van der Waals surface area contributed by atoms with Gasteiger partial charge in [0.2, 0.25) is 0 Å². The van der Waals surface area contributed by atoms with Crippen LogP contribution in [-0.2, 0) is 23.1 Å². The Morgan fingerprint density at radius 3 is 2.84 bits per heavy atom. The van der Waals surface area contributed by atoms with Crippen LogP contribution in [0.25, 0.3) is 10.9 Å². The predicted molar refractivity (Wildman–Crippen MR) is 120 cm³/mol. The number of benzene rings is 1. The molecule has 2 amide bonds. The van der Waals surface area contributed by atoms with Crippen LogP contribution in [0.5, 0.6) is 0 Å². The summed E-state index contributed by atoms with van der Waals surface area (Å²) in [6.07, 6.45) is 5.94. The van der Waals surface area contributed by atoms with E-state index in [-0.39, 0.29) is 6.04 Å². The molecule has 1 unspecified atom stereocenters. The maximum Gasteiger partial charge on any atom is 0.313 e. The second-order valence-electron chi connectivity index (χ2n) is 8.35. The van der Waals surface area contributed by atoms with Crippen molar-refractivity contribution in [1.82, 2.24) is 19.7 Å². The number of aryl methyl sites for hydroxylation is 2. The first kappa shape index (κ1) is 20.8. The molecule has 1 aliphatic rings. The third-order valence-electron chi connectivity index (χ3n) is 5.94. The number of rotatable bonds is 3. The fraction of sp³-hybridized carbons (Fsp3) is 0.391. The molecule has 1 aromatic carbocycles. The van der Waals surface area contributed by atoms with Gasteiger partial charge in [0.05, 0.1) is 23.4 Å². The monoisotopic (exact) mass is 420 g/mol. The van der Waals surface area contributed by atoms with E-state index in [1.165, 1.54) is 6.20 Å². The molecule has 162 valence electrons. The maximum absolute atomic E-state index is 13.2. The fourth-order valence-electron chi connectivity index (χ4n) is 4.27. The van der Waals surface area contributed by atoms with E-state index in [2.05, 4.69) is 22.3 Å². The van der Waals surface area contributed by atoms with E-state index < -0.39 is 11.8 Å². The van der Waals surface area contributed by atoms with Gasteiger partial charge in [-0.15, -0.1) is 0 Å². The summed E-state index contributed by atoms with van der Waals surface area (Å²) in [6, 6.07) is 7.67. The quantitative estimate of drug-likeness (QED) is 0.634. The highest BCUT2D eigenvalue weighted by Gasteiger charge is 2.34. The molecule has 3 aromatic rings. The molecule has 8 heteroatoms. The van der Waals surface area contributed by atoms with E-state index in [1.807, 2.05) is 38.4 Å². The zero-order valence-corrected chi connectivity index (χ0v) is 18.1. The van der Waals surface area contributed by atoms with Gasteiger partial charge >= 0.3 is 11.8 Å². The van der Waals surface area contributed by atoms with Gasteiger partial charge in [0, 0.05) is 25.2 Å². The Kier molecular flexibility index (Phi) is 5.63. The van der Waals surface area contributed by atoms with Crippen LogP contribution in [0, 0.1) is 5.92 Å². The van der Waals surface area contributed by atoms with Gasteiger partial charge in [-0.1, -0.05) is 26.0 Å². The summed E-state index contributed by atoms with van der Waals surface area (Å²) in [7, 11) is 1.89. The van der Waals surface area contributed by atoms with Crippen LogP contribution in [0.1, 0.15) is 43.9 Å². The number of nitrogens with two attached hydrogens (primary N) is 1. The number of fused-ring (bicyclic) bond motifs is 1. The van der Waals surface area contributed by atoms with Crippen LogP contribution in [0.3, 0.4) is 0 Å². The summed E-state index contributed by atoms with van der Waals surface area (Å²) < 4.78 is 1.78. The lowest BCUT2D eigenvalue weighted by atomic mass is 9.89. The molecule has 0 saturated carbocycles. The van der Waals surface area contributed by atoms with Crippen LogP contribution >= 0.6 is 0 Å². The standard InChI is InChI=1S/C23H28N6O2/c1-4-15-9-18(11-25-21(15)24)26-22(30)23(31)29-12-14(2)5-8-20(29)16-6-7-17-13-28(3)27-19(17)10-16/h6-7,9-11,13-14,20H,4-5,8,12H2,1-3H3,(H2,24,25)(H,26,30)/t14-,20?/m0/s1. The van der Waals surface area contributed by atoms with Crippen molar-refractivity contribution in [1.29, 1.82) is 0 Å². The molecule has 2 atom stereocenters. The van der Waals surface area contributed by atoms with Gasteiger partial charge in [0.15, 0.2) is 0 Å². The molecule has 1 fully saturated rings. The van der Waals surface area contributed by atoms with Crippen molar-refractivity contribution in [3.8, 4) is 0 Å². The van der Waals surface area contributed by atoms with Gasteiger partial charge in [-0.25, -0.2) is 4.98 Å². The maximum atomic E-state index is 13.2. The molecule has 1 saturated heterocycles. The van der Waals surface area contributed by atoms with Crippen LogP contribution in [0.4, 0.5) is 11.5 Å². The lowest BCUT2D eigenvalue weighted by molar-refractivity contribution is -0.146. The minimum atomic E-state index is -0.661. The molecule has 4 rings (SSSR count). The fourth-order valence-corrected chi connectivity index (χ4v) is 4.27. The molecule has 3 heterocycles. The first-order chi connectivity index (χ1) is 14.9. The van der Waals surface area contributed by atoms with Crippen LogP contribution in [-0.4, -0.2) is 38.0 Å². The summed E-state index contributed by atoms with van der Waals surface area (Å²) in [5, 5.41) is 8.23. The number of pyridine rings is 1. The van der Waals surface area contributed by atoms with E-state index >= 15 is 0 Å². The van der Waals surface area contributed by atoms with Gasteiger partial charge in [-0.3, -0.25) is 14.3 Å². The van der Waals surface area contributed by atoms with Crippen LogP contribution < -0.4 is 11.1 Å². The second-order valence-corrected chi connectivity index (χ2v) is 8.35. The Labute approximate surface area is 181 Å². The first-order valence-electron chi connectivity index (χ1n) is 10.6. The number of amides is 2. The van der Waals surface area contributed by atoms with Crippen molar-refractivity contribution >= 4 is 34.2 Å². The molecule has 8 nitrogen and oxygen atoms in total. The highest BCUT2D eigenvalue weighted by Crippen LogP contribution is 2.34. The summed E-state index contributed by atoms with van der Waals surface area (Å²) in [6.45, 7) is 4.60. The molecule has 1 aliphatic heterocycles. The molecule has 3 N–H and O–H groups in total. The Morgan fingerprint density at radius 1 is 1.26 bits per heavy atom. The molecule has 0 radical (unpaired) electrons. The largest absolute Gasteiger partial charge is 0.383 e. The van der Waals surface area contributed by atoms with Crippen LogP contribution in [0.15, 0.2) is 36.7 Å². The number of carbonyl (C=O) groups excluding carboxylic acids is 2. The Hall–Kier alpha value is -3.42. The molecular weight excluding hydrogens is 392 g/mol. The Balaban J connectivity index is 1.57. The third-order valence-corrected chi connectivity index (χ3v) is 5.94. The molecule has 0 spiro atoms. The number of likely N-dealkylation sites (tertiary alicyclic amines) is 1. The minimum Gasteiger partial charge on any atom is -0.383 e. The van der Waals surface area contributed by atoms with E-state index in [0.717, 1.165) is 34.9 Å². The average Bonchev–Trinajstić information content (AvgIpc) is 3.13. The van der Waals surface area contributed by atoms with Gasteiger partial charge in [0.25, 0.3) is 0 Å². The van der Waals surface area contributed by atoms with Crippen LogP contribution in [0.2, 0.25) is 0 Å². The number of anilines is 2. The predicted octanol–water partition coefficient (Wildman–Crippen LogP) is 3.05. The van der Waals surface area contributed by atoms with Gasteiger partial charge in [-0.05, 0) is 48.4 Å².